The fourth-order valence-electron chi connectivity index (χ4n) is 6.15. The Kier molecular flexibility index (Phi) is 9.09. The standard InChI is InChI=1S/C34H37N5O2.ClH/c1-24-13-15-27(16-14-24)39-34(41)32-30(28-11-6-7-12-29(28)37(32)2)31(36-39)33(40)35-19-8-20-38-21-17-26(18-22-38)23-25-9-4-3-5-10-25;/h3-7,9-16,26H,8,17-23H2,1-2H3,(H,35,40);1H. The third-order valence-electron chi connectivity index (χ3n) is 8.44. The number of carbonyl (C=O) groups excluding carboxylic acids is 1. The van der Waals surface area contributed by atoms with Gasteiger partial charge in [0.25, 0.3) is 11.5 Å². The molecule has 1 fully saturated rings. The molecule has 2 aromatic heterocycles. The minimum absolute atomic E-state index is 0. The zero-order valence-electron chi connectivity index (χ0n) is 24.3. The second kappa shape index (κ2) is 12.9. The van der Waals surface area contributed by atoms with Crippen molar-refractivity contribution in [1.29, 1.82) is 0 Å². The van der Waals surface area contributed by atoms with Crippen molar-refractivity contribution in [1.82, 2.24) is 24.6 Å². The minimum atomic E-state index is -0.256. The largest absolute Gasteiger partial charge is 0.351 e. The Morgan fingerprint density at radius 2 is 1.64 bits per heavy atom. The molecule has 218 valence electrons. The van der Waals surface area contributed by atoms with Gasteiger partial charge in [-0.05, 0) is 81.9 Å². The molecule has 6 rings (SSSR count). The zero-order chi connectivity index (χ0) is 28.3. The third-order valence-corrected chi connectivity index (χ3v) is 8.44. The molecule has 0 aliphatic carbocycles. The van der Waals surface area contributed by atoms with Crippen molar-refractivity contribution < 1.29 is 4.79 Å². The van der Waals surface area contributed by atoms with E-state index in [1.165, 1.54) is 23.1 Å². The summed E-state index contributed by atoms with van der Waals surface area (Å²) in [6.07, 6.45) is 4.45. The second-order valence-corrected chi connectivity index (χ2v) is 11.3. The van der Waals surface area contributed by atoms with Crippen molar-refractivity contribution in [3.63, 3.8) is 0 Å². The number of likely N-dealkylation sites (tertiary alicyclic amines) is 1. The number of hydrogen-bond acceptors (Lipinski definition) is 4. The van der Waals surface area contributed by atoms with Gasteiger partial charge in [-0.1, -0.05) is 66.2 Å². The Morgan fingerprint density at radius 3 is 2.38 bits per heavy atom. The predicted octanol–water partition coefficient (Wildman–Crippen LogP) is 5.68. The lowest BCUT2D eigenvalue weighted by Gasteiger charge is -2.32. The maximum atomic E-state index is 13.7. The number of aryl methyl sites for hydroxylation is 2. The highest BCUT2D eigenvalue weighted by Gasteiger charge is 2.24. The van der Waals surface area contributed by atoms with Crippen molar-refractivity contribution in [2.75, 3.05) is 26.2 Å². The molecular formula is C34H38ClN5O2. The molecule has 3 aromatic carbocycles. The van der Waals surface area contributed by atoms with E-state index >= 15 is 0 Å². The summed E-state index contributed by atoms with van der Waals surface area (Å²) in [6, 6.07) is 26.2. The molecule has 0 unspecified atom stereocenters. The molecule has 0 radical (unpaired) electrons. The van der Waals surface area contributed by atoms with Gasteiger partial charge in [0, 0.05) is 29.9 Å². The van der Waals surface area contributed by atoms with Crippen LogP contribution in [0.15, 0.2) is 83.7 Å². The first kappa shape index (κ1) is 29.5. The van der Waals surface area contributed by atoms with E-state index in [9.17, 15) is 9.59 Å². The number of rotatable bonds is 8. The number of para-hydroxylation sites is 1. The monoisotopic (exact) mass is 583 g/mol. The SMILES string of the molecule is Cc1ccc(-n2nc(C(=O)NCCCN3CCC(Cc4ccccc4)CC3)c3c4ccccc4n(C)c3c2=O)cc1.Cl. The van der Waals surface area contributed by atoms with Crippen LogP contribution in [-0.2, 0) is 13.5 Å². The number of hydrogen-bond donors (Lipinski definition) is 1. The lowest BCUT2D eigenvalue weighted by atomic mass is 9.90. The summed E-state index contributed by atoms with van der Waals surface area (Å²) in [5.74, 6) is 0.487. The number of piperidine rings is 1. The van der Waals surface area contributed by atoms with Crippen LogP contribution < -0.4 is 10.9 Å². The highest BCUT2D eigenvalue weighted by Crippen LogP contribution is 2.28. The highest BCUT2D eigenvalue weighted by atomic mass is 35.5. The fraction of sp³-hybridized carbons (Fsp3) is 0.324. The van der Waals surface area contributed by atoms with E-state index in [0.29, 0.717) is 23.1 Å². The number of fused-ring (bicyclic) bond motifs is 3. The van der Waals surface area contributed by atoms with E-state index in [4.69, 9.17) is 0 Å². The first-order valence-electron chi connectivity index (χ1n) is 14.6. The Hall–Kier alpha value is -3.94. The Labute approximate surface area is 252 Å². The van der Waals surface area contributed by atoms with Crippen molar-refractivity contribution in [2.24, 2.45) is 13.0 Å². The molecule has 0 bridgehead atoms. The average molecular weight is 584 g/mol. The molecule has 0 spiro atoms. The van der Waals surface area contributed by atoms with Gasteiger partial charge in [0.15, 0.2) is 5.69 Å². The number of amides is 1. The summed E-state index contributed by atoms with van der Waals surface area (Å²) in [4.78, 5) is 29.8. The number of benzene rings is 3. The molecular weight excluding hydrogens is 546 g/mol. The van der Waals surface area contributed by atoms with Crippen molar-refractivity contribution in [2.45, 2.75) is 32.6 Å². The molecule has 3 heterocycles. The van der Waals surface area contributed by atoms with E-state index in [1.54, 1.807) is 0 Å². The fourth-order valence-corrected chi connectivity index (χ4v) is 6.15. The van der Waals surface area contributed by atoms with Gasteiger partial charge in [0.1, 0.15) is 5.52 Å². The highest BCUT2D eigenvalue weighted by molar-refractivity contribution is 6.16. The topological polar surface area (TPSA) is 72.2 Å². The van der Waals surface area contributed by atoms with Crippen molar-refractivity contribution in [3.05, 3.63) is 106 Å². The van der Waals surface area contributed by atoms with Gasteiger partial charge in [-0.2, -0.15) is 9.78 Å². The van der Waals surface area contributed by atoms with Gasteiger partial charge >= 0.3 is 0 Å². The van der Waals surface area contributed by atoms with Crippen LogP contribution in [0.25, 0.3) is 27.5 Å². The summed E-state index contributed by atoms with van der Waals surface area (Å²) < 4.78 is 3.23. The average Bonchev–Trinajstić information content (AvgIpc) is 3.30. The van der Waals surface area contributed by atoms with Gasteiger partial charge < -0.3 is 14.8 Å². The maximum Gasteiger partial charge on any atom is 0.296 e. The molecule has 42 heavy (non-hydrogen) atoms. The van der Waals surface area contributed by atoms with Gasteiger partial charge in [0.2, 0.25) is 0 Å². The number of nitrogens with one attached hydrogen (secondary N) is 1. The van der Waals surface area contributed by atoms with Gasteiger partial charge in [-0.3, -0.25) is 9.59 Å². The molecule has 1 saturated heterocycles. The normalized spacial score (nSPS) is 14.2. The van der Waals surface area contributed by atoms with Crippen molar-refractivity contribution >= 4 is 40.1 Å². The van der Waals surface area contributed by atoms with Gasteiger partial charge in [-0.25, -0.2) is 0 Å². The number of halogens is 1. The number of aromatic nitrogens is 3. The molecule has 7 nitrogen and oxygen atoms in total. The molecule has 5 aromatic rings. The van der Waals surface area contributed by atoms with E-state index in [-0.39, 0.29) is 29.6 Å². The maximum absolute atomic E-state index is 13.7. The zero-order valence-corrected chi connectivity index (χ0v) is 25.1. The molecule has 0 saturated carbocycles. The van der Waals surface area contributed by atoms with Crippen LogP contribution in [0.2, 0.25) is 0 Å². The lowest BCUT2D eigenvalue weighted by Crippen LogP contribution is -2.37. The quantitative estimate of drug-likeness (QED) is 0.239. The minimum Gasteiger partial charge on any atom is -0.351 e. The molecule has 1 amide bonds. The summed E-state index contributed by atoms with van der Waals surface area (Å²) in [6.45, 7) is 5.72. The molecule has 8 heteroatoms. The van der Waals surface area contributed by atoms with Crippen LogP contribution in [0, 0.1) is 12.8 Å². The van der Waals surface area contributed by atoms with E-state index in [0.717, 1.165) is 54.9 Å². The summed E-state index contributed by atoms with van der Waals surface area (Å²) in [7, 11) is 1.87. The van der Waals surface area contributed by atoms with Crippen LogP contribution >= 0.6 is 12.4 Å². The van der Waals surface area contributed by atoms with Crippen LogP contribution in [0.1, 0.15) is 40.9 Å². The van der Waals surface area contributed by atoms with Crippen LogP contribution in [-0.4, -0.2) is 51.3 Å². The molecule has 1 aliphatic rings. The molecule has 1 aliphatic heterocycles. The molecule has 1 N–H and O–H groups in total. The second-order valence-electron chi connectivity index (χ2n) is 11.3. The van der Waals surface area contributed by atoms with Crippen LogP contribution in [0.3, 0.4) is 0 Å². The molecule has 0 atom stereocenters. The van der Waals surface area contributed by atoms with E-state index < -0.39 is 0 Å². The first-order chi connectivity index (χ1) is 20.0. The van der Waals surface area contributed by atoms with Crippen LogP contribution in [0.4, 0.5) is 0 Å². The summed E-state index contributed by atoms with van der Waals surface area (Å²) >= 11 is 0. The Bertz CT molecular complexity index is 1740. The third kappa shape index (κ3) is 5.98. The van der Waals surface area contributed by atoms with E-state index in [2.05, 4.69) is 45.6 Å². The van der Waals surface area contributed by atoms with Crippen LogP contribution in [0.5, 0.6) is 0 Å². The number of nitrogens with zero attached hydrogens (tertiary/aromatic N) is 4. The first-order valence-corrected chi connectivity index (χ1v) is 14.6. The van der Waals surface area contributed by atoms with Crippen molar-refractivity contribution in [3.8, 4) is 5.69 Å². The Morgan fingerprint density at radius 1 is 0.952 bits per heavy atom. The van der Waals surface area contributed by atoms with Gasteiger partial charge in [-0.15, -0.1) is 12.4 Å². The Balaban J connectivity index is 0.00000353. The summed E-state index contributed by atoms with van der Waals surface area (Å²) in [5.41, 5.74) is 4.56. The number of carbonyl (C=O) groups is 1. The lowest BCUT2D eigenvalue weighted by molar-refractivity contribution is 0.0945. The summed E-state index contributed by atoms with van der Waals surface area (Å²) in [5, 5.41) is 9.21. The smallest absolute Gasteiger partial charge is 0.296 e. The predicted molar refractivity (Wildman–Crippen MR) is 172 cm³/mol. The van der Waals surface area contributed by atoms with Gasteiger partial charge in [0.05, 0.1) is 5.69 Å². The van der Waals surface area contributed by atoms with E-state index in [1.807, 2.05) is 67.1 Å².